The predicted octanol–water partition coefficient (Wildman–Crippen LogP) is 1.27. The Balaban J connectivity index is 1.58. The normalized spacial score (nSPS) is 23.0. The molecule has 4 rings (SSSR count). The van der Waals surface area contributed by atoms with Crippen molar-refractivity contribution >= 4 is 15.9 Å². The van der Waals surface area contributed by atoms with Crippen LogP contribution < -0.4 is 0 Å². The molecule has 8 heteroatoms. The first-order valence-corrected chi connectivity index (χ1v) is 12.4. The highest BCUT2D eigenvalue weighted by Crippen LogP contribution is 2.43. The second-order valence-electron chi connectivity index (χ2n) is 8.87. The molecule has 1 amide bonds. The third kappa shape index (κ3) is 4.42. The average Bonchev–Trinajstić information content (AvgIpc) is 2.76. The van der Waals surface area contributed by atoms with Crippen LogP contribution in [0.25, 0.3) is 0 Å². The monoisotopic (exact) mass is 467 g/mol. The first kappa shape index (κ1) is 23.5. The first-order valence-electron chi connectivity index (χ1n) is 11.0. The fraction of sp³-hybridized carbons (Fsp3) is 0.400. The zero-order chi connectivity index (χ0) is 23.8. The SMILES string of the molecule is Cc1ccccc1S(=O)(=O)N1CC(=O)N2[C@@H](CO)[C@H](c3ccc(C#CCN(C)C)cc3)[C@@H]2C1. The quantitative estimate of drug-likeness (QED) is 0.670. The van der Waals surface area contributed by atoms with Crippen molar-refractivity contribution in [3.8, 4) is 11.8 Å². The number of hydrogen-bond acceptors (Lipinski definition) is 5. The van der Waals surface area contributed by atoms with Gasteiger partial charge in [-0.1, -0.05) is 42.2 Å². The number of nitrogens with zero attached hydrogens (tertiary/aromatic N) is 3. The van der Waals surface area contributed by atoms with Crippen LogP contribution in [-0.4, -0.2) is 86.0 Å². The van der Waals surface area contributed by atoms with Crippen molar-refractivity contribution in [3.63, 3.8) is 0 Å². The van der Waals surface area contributed by atoms with Crippen molar-refractivity contribution in [2.45, 2.75) is 29.8 Å². The van der Waals surface area contributed by atoms with E-state index >= 15 is 0 Å². The van der Waals surface area contributed by atoms with Crippen LogP contribution in [0.2, 0.25) is 0 Å². The summed E-state index contributed by atoms with van der Waals surface area (Å²) in [4.78, 5) is 16.8. The molecule has 3 atom stereocenters. The molecule has 0 spiro atoms. The van der Waals surface area contributed by atoms with Gasteiger partial charge in [-0.3, -0.25) is 9.69 Å². The Morgan fingerprint density at radius 1 is 1.12 bits per heavy atom. The molecule has 0 radical (unpaired) electrons. The van der Waals surface area contributed by atoms with Gasteiger partial charge < -0.3 is 10.0 Å². The number of sulfonamides is 1. The van der Waals surface area contributed by atoms with Gasteiger partial charge in [0, 0.05) is 18.0 Å². The zero-order valence-corrected chi connectivity index (χ0v) is 19.9. The lowest BCUT2D eigenvalue weighted by atomic mass is 9.74. The van der Waals surface area contributed by atoms with Crippen molar-refractivity contribution in [3.05, 3.63) is 65.2 Å². The number of carbonyl (C=O) groups excluding carboxylic acids is 1. The lowest BCUT2D eigenvalue weighted by molar-refractivity contribution is -0.158. The third-order valence-electron chi connectivity index (χ3n) is 6.36. The largest absolute Gasteiger partial charge is 0.394 e. The van der Waals surface area contributed by atoms with Crippen molar-refractivity contribution < 1.29 is 18.3 Å². The molecule has 0 unspecified atom stereocenters. The Hall–Kier alpha value is -2.70. The van der Waals surface area contributed by atoms with Crippen LogP contribution in [0.1, 0.15) is 22.6 Å². The predicted molar refractivity (Wildman–Crippen MR) is 126 cm³/mol. The van der Waals surface area contributed by atoms with Crippen LogP contribution in [0.15, 0.2) is 53.4 Å². The maximum atomic E-state index is 13.3. The minimum absolute atomic E-state index is 0.141. The Bertz CT molecular complexity index is 1200. The molecule has 0 saturated carbocycles. The number of carbonyl (C=O) groups is 1. The summed E-state index contributed by atoms with van der Waals surface area (Å²) in [5, 5.41) is 9.98. The summed E-state index contributed by atoms with van der Waals surface area (Å²) in [5.41, 5.74) is 2.51. The van der Waals surface area contributed by atoms with E-state index in [1.807, 2.05) is 43.3 Å². The van der Waals surface area contributed by atoms with Crippen LogP contribution in [-0.2, 0) is 14.8 Å². The molecule has 2 saturated heterocycles. The molecule has 2 aliphatic heterocycles. The third-order valence-corrected chi connectivity index (χ3v) is 8.33. The van der Waals surface area contributed by atoms with Gasteiger partial charge in [0.2, 0.25) is 15.9 Å². The Labute approximate surface area is 195 Å². The van der Waals surface area contributed by atoms with E-state index in [9.17, 15) is 18.3 Å². The summed E-state index contributed by atoms with van der Waals surface area (Å²) in [7, 11) is 0.122. The van der Waals surface area contributed by atoms with Gasteiger partial charge in [-0.2, -0.15) is 4.31 Å². The van der Waals surface area contributed by atoms with E-state index in [1.54, 1.807) is 36.1 Å². The summed E-state index contributed by atoms with van der Waals surface area (Å²) in [6.45, 7) is 2.25. The summed E-state index contributed by atoms with van der Waals surface area (Å²) in [6.07, 6.45) is 0. The number of piperazine rings is 1. The fourth-order valence-corrected chi connectivity index (χ4v) is 6.36. The van der Waals surface area contributed by atoms with Crippen molar-refractivity contribution in [2.75, 3.05) is 40.3 Å². The molecule has 2 heterocycles. The molecule has 1 N–H and O–H groups in total. The van der Waals surface area contributed by atoms with Gasteiger partial charge in [-0.15, -0.1) is 0 Å². The molecule has 0 aromatic heterocycles. The minimum Gasteiger partial charge on any atom is -0.394 e. The van der Waals surface area contributed by atoms with Gasteiger partial charge in [-0.05, 0) is 50.3 Å². The minimum atomic E-state index is -3.80. The topological polar surface area (TPSA) is 81.2 Å². The van der Waals surface area contributed by atoms with Gasteiger partial charge in [0.1, 0.15) is 0 Å². The van der Waals surface area contributed by atoms with Crippen LogP contribution in [0.4, 0.5) is 0 Å². The highest BCUT2D eigenvalue weighted by molar-refractivity contribution is 7.89. The summed E-state index contributed by atoms with van der Waals surface area (Å²) < 4.78 is 27.9. The lowest BCUT2D eigenvalue weighted by Gasteiger charge is -2.58. The number of rotatable bonds is 5. The number of aryl methyl sites for hydroxylation is 1. The highest BCUT2D eigenvalue weighted by Gasteiger charge is 2.55. The number of amides is 1. The number of fused-ring (bicyclic) bond motifs is 1. The summed E-state index contributed by atoms with van der Waals surface area (Å²) in [5.74, 6) is 5.81. The van der Waals surface area contributed by atoms with Gasteiger partial charge in [-0.25, -0.2) is 8.42 Å². The number of aliphatic hydroxyl groups excluding tert-OH is 1. The maximum Gasteiger partial charge on any atom is 0.243 e. The number of hydrogen-bond donors (Lipinski definition) is 1. The molecule has 2 aromatic carbocycles. The number of benzene rings is 2. The number of aliphatic hydroxyl groups is 1. The van der Waals surface area contributed by atoms with Crippen molar-refractivity contribution in [1.29, 1.82) is 0 Å². The van der Waals surface area contributed by atoms with E-state index in [-0.39, 0.29) is 48.5 Å². The van der Waals surface area contributed by atoms with E-state index in [4.69, 9.17) is 0 Å². The molecule has 2 aromatic rings. The van der Waals surface area contributed by atoms with E-state index in [2.05, 4.69) is 11.8 Å². The van der Waals surface area contributed by atoms with Crippen LogP contribution in [0.5, 0.6) is 0 Å². The summed E-state index contributed by atoms with van der Waals surface area (Å²) >= 11 is 0. The average molecular weight is 468 g/mol. The van der Waals surface area contributed by atoms with E-state index in [0.717, 1.165) is 11.1 Å². The second-order valence-corrected chi connectivity index (χ2v) is 10.8. The Morgan fingerprint density at radius 3 is 2.45 bits per heavy atom. The van der Waals surface area contributed by atoms with E-state index in [1.165, 1.54) is 4.31 Å². The molecular weight excluding hydrogens is 438 g/mol. The fourth-order valence-electron chi connectivity index (χ4n) is 4.73. The van der Waals surface area contributed by atoms with E-state index < -0.39 is 10.0 Å². The molecule has 0 bridgehead atoms. The molecule has 33 heavy (non-hydrogen) atoms. The zero-order valence-electron chi connectivity index (χ0n) is 19.1. The Kier molecular flexibility index (Phi) is 6.59. The van der Waals surface area contributed by atoms with Crippen molar-refractivity contribution in [1.82, 2.24) is 14.1 Å². The van der Waals surface area contributed by atoms with Gasteiger partial charge >= 0.3 is 0 Å². The maximum absolute atomic E-state index is 13.3. The molecule has 174 valence electrons. The smallest absolute Gasteiger partial charge is 0.243 e. The highest BCUT2D eigenvalue weighted by atomic mass is 32.2. The van der Waals surface area contributed by atoms with Gasteiger partial charge in [0.15, 0.2) is 0 Å². The molecule has 2 aliphatic rings. The van der Waals surface area contributed by atoms with Crippen LogP contribution >= 0.6 is 0 Å². The Morgan fingerprint density at radius 2 is 1.82 bits per heavy atom. The summed E-state index contributed by atoms with van der Waals surface area (Å²) in [6, 6.07) is 13.9. The second kappa shape index (κ2) is 9.27. The van der Waals surface area contributed by atoms with Gasteiger partial charge in [0.25, 0.3) is 0 Å². The lowest BCUT2D eigenvalue weighted by Crippen LogP contribution is -2.73. The molecule has 2 fully saturated rings. The molecular formula is C25H29N3O4S. The van der Waals surface area contributed by atoms with Gasteiger partial charge in [0.05, 0.1) is 36.7 Å². The first-order chi connectivity index (χ1) is 15.7. The van der Waals surface area contributed by atoms with Crippen molar-refractivity contribution in [2.24, 2.45) is 0 Å². The van der Waals surface area contributed by atoms with E-state index in [0.29, 0.717) is 12.1 Å². The standard InChI is InChI=1S/C25H29N3O4S/c1-18-7-4-5-9-23(18)33(31,32)27-15-21-25(22(17-29)28(21)24(30)16-27)20-12-10-19(11-13-20)8-6-14-26(2)3/h4-5,7,9-13,21-22,25,29H,14-17H2,1-3H3/t21-,22-,25+/m0/s1. The molecule has 7 nitrogen and oxygen atoms in total. The van der Waals surface area contributed by atoms with Crippen LogP contribution in [0, 0.1) is 18.8 Å². The molecule has 0 aliphatic carbocycles. The van der Waals surface area contributed by atoms with Crippen LogP contribution in [0.3, 0.4) is 0 Å².